The topological polar surface area (TPSA) is 97.7 Å². The van der Waals surface area contributed by atoms with E-state index < -0.39 is 22.8 Å². The van der Waals surface area contributed by atoms with Gasteiger partial charge in [0.15, 0.2) is 11.6 Å². The van der Waals surface area contributed by atoms with E-state index in [0.717, 1.165) is 31.1 Å². The first-order valence-corrected chi connectivity index (χ1v) is 12.3. The summed E-state index contributed by atoms with van der Waals surface area (Å²) in [4.78, 5) is 24.7. The fraction of sp³-hybridized carbons (Fsp3) is 0.727. The van der Waals surface area contributed by atoms with E-state index in [1.54, 1.807) is 12.2 Å². The second kappa shape index (κ2) is 6.86. The molecule has 0 aromatic heterocycles. The first-order chi connectivity index (χ1) is 13.5. The maximum atomic E-state index is 12.8. The molecule has 0 aliphatic heterocycles. The van der Waals surface area contributed by atoms with Crippen LogP contribution in [0.5, 0.6) is 0 Å². The third-order valence-electron chi connectivity index (χ3n) is 8.30. The summed E-state index contributed by atoms with van der Waals surface area (Å²) in [5.41, 5.74) is 0.435. The molecule has 1 N–H and O–H groups in total. The largest absolute Gasteiger partial charge is 0.393 e. The average Bonchev–Trinajstić information content (AvgIpc) is 2.96. The first-order valence-electron chi connectivity index (χ1n) is 10.4. The zero-order chi connectivity index (χ0) is 21.2. The maximum absolute atomic E-state index is 12.8. The Hall–Kier alpha value is -1.31. The van der Waals surface area contributed by atoms with E-state index in [1.807, 2.05) is 6.08 Å². The number of fused-ring (bicyclic) bond motifs is 5. The molecular formula is C22H30O6S. The van der Waals surface area contributed by atoms with Crippen molar-refractivity contribution in [3.05, 3.63) is 23.8 Å². The second-order valence-corrected chi connectivity index (χ2v) is 11.5. The summed E-state index contributed by atoms with van der Waals surface area (Å²) in [6, 6.07) is 0. The molecular weight excluding hydrogens is 392 g/mol. The van der Waals surface area contributed by atoms with E-state index >= 15 is 0 Å². The van der Waals surface area contributed by atoms with E-state index in [-0.39, 0.29) is 40.2 Å². The van der Waals surface area contributed by atoms with Crippen LogP contribution in [-0.2, 0) is 23.9 Å². The van der Waals surface area contributed by atoms with Crippen LogP contribution >= 0.6 is 0 Å². The third-order valence-corrected chi connectivity index (χ3v) is 8.84. The summed E-state index contributed by atoms with van der Waals surface area (Å²) in [5, 5.41) is 11.3. The number of rotatable bonds is 4. The minimum atomic E-state index is -3.67. The number of carbonyl (C=O) groups excluding carboxylic acids is 2. The van der Waals surface area contributed by atoms with Gasteiger partial charge in [0.25, 0.3) is 10.1 Å². The van der Waals surface area contributed by atoms with E-state index in [1.165, 1.54) is 0 Å². The molecule has 3 saturated carbocycles. The highest BCUT2D eigenvalue weighted by Gasteiger charge is 2.62. The number of hydrogen-bond acceptors (Lipinski definition) is 6. The molecule has 0 radical (unpaired) electrons. The van der Waals surface area contributed by atoms with Gasteiger partial charge in [-0.25, -0.2) is 0 Å². The zero-order valence-electron chi connectivity index (χ0n) is 17.3. The molecule has 0 spiro atoms. The Labute approximate surface area is 172 Å². The molecule has 0 aromatic carbocycles. The van der Waals surface area contributed by atoms with Crippen molar-refractivity contribution in [2.75, 3.05) is 12.9 Å². The predicted molar refractivity (Wildman–Crippen MR) is 107 cm³/mol. The van der Waals surface area contributed by atoms with Crippen molar-refractivity contribution in [3.63, 3.8) is 0 Å². The molecule has 0 bridgehead atoms. The molecule has 4 aliphatic carbocycles. The minimum Gasteiger partial charge on any atom is -0.393 e. The highest BCUT2D eigenvalue weighted by molar-refractivity contribution is 7.86. The molecule has 7 atom stereocenters. The smallest absolute Gasteiger partial charge is 0.264 e. The normalized spacial score (nSPS) is 43.9. The molecule has 29 heavy (non-hydrogen) atoms. The van der Waals surface area contributed by atoms with Gasteiger partial charge in [0.2, 0.25) is 0 Å². The van der Waals surface area contributed by atoms with Crippen molar-refractivity contribution >= 4 is 21.7 Å². The summed E-state index contributed by atoms with van der Waals surface area (Å²) < 4.78 is 27.4. The molecule has 4 rings (SSSR count). The molecule has 7 heteroatoms. The number of carbonyl (C=O) groups is 2. The molecule has 0 aromatic rings. The quantitative estimate of drug-likeness (QED) is 0.699. The molecule has 5 unspecified atom stereocenters. The molecule has 160 valence electrons. The lowest BCUT2D eigenvalue weighted by atomic mass is 9.46. The van der Waals surface area contributed by atoms with Gasteiger partial charge in [0.1, 0.15) is 6.61 Å². The van der Waals surface area contributed by atoms with Gasteiger partial charge in [-0.3, -0.25) is 13.8 Å². The van der Waals surface area contributed by atoms with E-state index in [4.69, 9.17) is 4.18 Å². The number of allylic oxidation sites excluding steroid dienone is 4. The lowest BCUT2D eigenvalue weighted by Crippen LogP contribution is -2.56. The molecule has 0 saturated heterocycles. The predicted octanol–water partition coefficient (Wildman–Crippen LogP) is 2.43. The number of aliphatic hydroxyl groups excluding tert-OH is 1. The van der Waals surface area contributed by atoms with E-state index in [9.17, 15) is 23.1 Å². The van der Waals surface area contributed by atoms with E-state index in [0.29, 0.717) is 18.8 Å². The van der Waals surface area contributed by atoms with Crippen LogP contribution in [0.1, 0.15) is 46.0 Å². The van der Waals surface area contributed by atoms with Crippen LogP contribution in [0.25, 0.3) is 0 Å². The summed E-state index contributed by atoms with van der Waals surface area (Å²) in [7, 11) is -3.67. The van der Waals surface area contributed by atoms with Crippen molar-refractivity contribution in [2.45, 2.75) is 52.1 Å². The lowest BCUT2D eigenvalue weighted by Gasteiger charge is -2.58. The number of hydrogen-bond donors (Lipinski definition) is 1. The van der Waals surface area contributed by atoms with Gasteiger partial charge in [-0.05, 0) is 61.5 Å². The van der Waals surface area contributed by atoms with Crippen molar-refractivity contribution in [1.82, 2.24) is 0 Å². The van der Waals surface area contributed by atoms with Crippen LogP contribution in [0.15, 0.2) is 23.8 Å². The lowest BCUT2D eigenvalue weighted by molar-refractivity contribution is -0.140. The van der Waals surface area contributed by atoms with Crippen molar-refractivity contribution in [1.29, 1.82) is 0 Å². The van der Waals surface area contributed by atoms with Gasteiger partial charge in [0, 0.05) is 17.3 Å². The first kappa shape index (κ1) is 20.9. The Morgan fingerprint density at radius 1 is 1.28 bits per heavy atom. The third kappa shape index (κ3) is 3.35. The minimum absolute atomic E-state index is 0.0171. The van der Waals surface area contributed by atoms with Crippen molar-refractivity contribution < 1.29 is 27.3 Å². The second-order valence-electron chi connectivity index (χ2n) is 9.86. The average molecular weight is 423 g/mol. The monoisotopic (exact) mass is 422 g/mol. The van der Waals surface area contributed by atoms with Gasteiger partial charge in [-0.2, -0.15) is 8.42 Å². The van der Waals surface area contributed by atoms with Crippen LogP contribution in [0, 0.1) is 34.5 Å². The number of Topliss-reactive ketones (excluding diaryl/α,β-unsaturated/α-hetero) is 1. The Balaban J connectivity index is 1.61. The summed E-state index contributed by atoms with van der Waals surface area (Å²) >= 11 is 0. The van der Waals surface area contributed by atoms with Crippen molar-refractivity contribution in [2.24, 2.45) is 34.5 Å². The zero-order valence-corrected chi connectivity index (χ0v) is 18.1. The SMILES string of the molecule is C[C@@]12CC(O)C3C(CCC4=CC(=O)C=C[C@]43C)C1CCC2C(=O)COS(C)(=O)=O. The molecule has 0 heterocycles. The van der Waals surface area contributed by atoms with Gasteiger partial charge in [0.05, 0.1) is 12.4 Å². The van der Waals surface area contributed by atoms with Gasteiger partial charge in [-0.15, -0.1) is 0 Å². The standard InChI is InChI=1S/C22H30O6S/c1-21-9-8-14(23)10-13(21)4-5-15-16-6-7-17(19(25)12-28-29(3,26)27)22(16,2)11-18(24)20(15)21/h8-10,15-18,20,24H,4-7,11-12H2,1-3H3/t15?,16?,17?,18?,20?,21-,22-/m1/s1. The molecule has 3 fully saturated rings. The van der Waals surface area contributed by atoms with Crippen LogP contribution in [0.3, 0.4) is 0 Å². The number of ketones is 2. The number of aliphatic hydroxyl groups is 1. The Bertz CT molecular complexity index is 902. The van der Waals surface area contributed by atoms with Crippen LogP contribution in [0.4, 0.5) is 0 Å². The summed E-state index contributed by atoms with van der Waals surface area (Å²) in [5.74, 6) is 0.147. The van der Waals surface area contributed by atoms with Gasteiger partial charge < -0.3 is 5.11 Å². The molecule has 6 nitrogen and oxygen atoms in total. The molecule has 0 amide bonds. The van der Waals surface area contributed by atoms with Crippen LogP contribution in [0.2, 0.25) is 0 Å². The van der Waals surface area contributed by atoms with Crippen LogP contribution in [-0.4, -0.2) is 44.1 Å². The fourth-order valence-electron chi connectivity index (χ4n) is 7.12. The van der Waals surface area contributed by atoms with Crippen molar-refractivity contribution in [3.8, 4) is 0 Å². The highest BCUT2D eigenvalue weighted by Crippen LogP contribution is 2.66. The maximum Gasteiger partial charge on any atom is 0.264 e. The van der Waals surface area contributed by atoms with Crippen LogP contribution < -0.4 is 0 Å². The Kier molecular flexibility index (Phi) is 4.95. The Morgan fingerprint density at radius 2 is 2.00 bits per heavy atom. The highest BCUT2D eigenvalue weighted by atomic mass is 32.2. The summed E-state index contributed by atoms with van der Waals surface area (Å²) in [6.07, 6.45) is 9.57. The molecule has 4 aliphatic rings. The van der Waals surface area contributed by atoms with Gasteiger partial charge >= 0.3 is 0 Å². The van der Waals surface area contributed by atoms with E-state index in [2.05, 4.69) is 13.8 Å². The fourth-order valence-corrected chi connectivity index (χ4v) is 7.45. The Morgan fingerprint density at radius 3 is 2.69 bits per heavy atom. The van der Waals surface area contributed by atoms with Gasteiger partial charge in [-0.1, -0.05) is 25.5 Å². The summed E-state index contributed by atoms with van der Waals surface area (Å²) in [6.45, 7) is 3.79.